The fourth-order valence-corrected chi connectivity index (χ4v) is 3.75. The Bertz CT molecular complexity index is 489. The lowest BCUT2D eigenvalue weighted by Gasteiger charge is -2.47. The highest BCUT2D eigenvalue weighted by Crippen LogP contribution is 2.43. The second-order valence-electron chi connectivity index (χ2n) is 6.12. The lowest BCUT2D eigenvalue weighted by atomic mass is 9.91. The molecule has 2 aliphatic rings. The van der Waals surface area contributed by atoms with Gasteiger partial charge in [-0.3, -0.25) is 0 Å². The minimum Gasteiger partial charge on any atom is -0.365 e. The first-order valence-corrected chi connectivity index (χ1v) is 8.14. The zero-order chi connectivity index (χ0) is 13.6. The summed E-state index contributed by atoms with van der Waals surface area (Å²) in [4.78, 5) is 2.49. The number of anilines is 1. The summed E-state index contributed by atoms with van der Waals surface area (Å²) in [6.07, 6.45) is 2.73. The summed E-state index contributed by atoms with van der Waals surface area (Å²) in [7, 11) is 0. The first-order chi connectivity index (χ1) is 9.01. The Balaban J connectivity index is 1.91. The van der Waals surface area contributed by atoms with Crippen LogP contribution in [0, 0.1) is 5.92 Å². The van der Waals surface area contributed by atoms with Crippen LogP contribution in [0.2, 0.25) is 5.02 Å². The summed E-state index contributed by atoms with van der Waals surface area (Å²) in [6.45, 7) is 6.72. The third kappa shape index (κ3) is 2.53. The maximum absolute atomic E-state index is 6.24. The van der Waals surface area contributed by atoms with Crippen molar-refractivity contribution in [3.05, 3.63) is 27.7 Å². The van der Waals surface area contributed by atoms with Crippen LogP contribution >= 0.6 is 27.5 Å². The average molecular weight is 344 g/mol. The van der Waals surface area contributed by atoms with Crippen LogP contribution in [0.5, 0.6) is 0 Å². The van der Waals surface area contributed by atoms with Gasteiger partial charge in [-0.25, -0.2) is 0 Å². The predicted molar refractivity (Wildman–Crippen MR) is 85.1 cm³/mol. The molecule has 2 unspecified atom stereocenters. The van der Waals surface area contributed by atoms with E-state index in [1.807, 2.05) is 12.1 Å². The molecule has 1 heterocycles. The van der Waals surface area contributed by atoms with Crippen molar-refractivity contribution in [1.29, 1.82) is 0 Å². The average Bonchev–Trinajstić information content (AvgIpc) is 3.21. The zero-order valence-electron chi connectivity index (χ0n) is 11.4. The van der Waals surface area contributed by atoms with E-state index in [1.165, 1.54) is 18.5 Å². The van der Waals surface area contributed by atoms with E-state index in [1.54, 1.807) is 0 Å². The van der Waals surface area contributed by atoms with Gasteiger partial charge in [0.1, 0.15) is 0 Å². The third-order valence-corrected chi connectivity index (χ3v) is 5.93. The van der Waals surface area contributed by atoms with Gasteiger partial charge in [0.15, 0.2) is 0 Å². The molecular formula is C15H20BrClN2. The largest absolute Gasteiger partial charge is 0.365 e. The molecule has 19 heavy (non-hydrogen) atoms. The molecule has 0 amide bonds. The molecule has 1 aliphatic heterocycles. The number of benzene rings is 1. The molecule has 0 radical (unpaired) electrons. The van der Waals surface area contributed by atoms with Crippen LogP contribution in [-0.2, 0) is 0 Å². The summed E-state index contributed by atoms with van der Waals surface area (Å²) < 4.78 is 1.02. The molecule has 1 N–H and O–H groups in total. The third-order valence-electron chi connectivity index (χ3n) is 4.55. The van der Waals surface area contributed by atoms with Gasteiger partial charge in [0.25, 0.3) is 0 Å². The van der Waals surface area contributed by atoms with E-state index >= 15 is 0 Å². The molecule has 2 atom stereocenters. The van der Waals surface area contributed by atoms with E-state index in [0.717, 1.165) is 28.5 Å². The van der Waals surface area contributed by atoms with Crippen LogP contribution < -0.4 is 10.2 Å². The Hall–Kier alpha value is -0.250. The minimum atomic E-state index is 0.244. The van der Waals surface area contributed by atoms with Crippen molar-refractivity contribution in [1.82, 2.24) is 5.32 Å². The van der Waals surface area contributed by atoms with Crippen molar-refractivity contribution in [2.75, 3.05) is 18.0 Å². The summed E-state index contributed by atoms with van der Waals surface area (Å²) in [5, 5.41) is 4.54. The van der Waals surface area contributed by atoms with E-state index in [2.05, 4.69) is 46.1 Å². The summed E-state index contributed by atoms with van der Waals surface area (Å²) in [5.41, 5.74) is 1.46. The molecule has 1 aliphatic carbocycles. The molecule has 1 aromatic rings. The number of hydrogen-bond acceptors (Lipinski definition) is 2. The van der Waals surface area contributed by atoms with Crippen LogP contribution in [0.3, 0.4) is 0 Å². The first-order valence-electron chi connectivity index (χ1n) is 6.97. The lowest BCUT2D eigenvalue weighted by molar-refractivity contribution is 0.260. The van der Waals surface area contributed by atoms with Crippen molar-refractivity contribution in [3.63, 3.8) is 0 Å². The monoisotopic (exact) mass is 342 g/mol. The van der Waals surface area contributed by atoms with Crippen molar-refractivity contribution < 1.29 is 0 Å². The highest BCUT2D eigenvalue weighted by molar-refractivity contribution is 9.10. The Kier molecular flexibility index (Phi) is 3.57. The van der Waals surface area contributed by atoms with Gasteiger partial charge >= 0.3 is 0 Å². The second-order valence-corrected chi connectivity index (χ2v) is 7.32. The number of hydrogen-bond donors (Lipinski definition) is 1. The number of nitrogens with zero attached hydrogens (tertiary/aromatic N) is 1. The van der Waals surface area contributed by atoms with Crippen molar-refractivity contribution >= 4 is 33.2 Å². The topological polar surface area (TPSA) is 15.3 Å². The summed E-state index contributed by atoms with van der Waals surface area (Å²) in [5.74, 6) is 0.834. The molecule has 3 rings (SSSR count). The normalized spacial score (nSPS) is 31.6. The van der Waals surface area contributed by atoms with Crippen LogP contribution in [0.25, 0.3) is 0 Å². The maximum atomic E-state index is 6.24. The highest BCUT2D eigenvalue weighted by atomic mass is 79.9. The van der Waals surface area contributed by atoms with Crippen LogP contribution in [0.4, 0.5) is 5.69 Å². The van der Waals surface area contributed by atoms with Crippen LogP contribution in [-0.4, -0.2) is 24.7 Å². The van der Waals surface area contributed by atoms with E-state index in [4.69, 9.17) is 11.6 Å². The molecule has 1 saturated carbocycles. The minimum absolute atomic E-state index is 0.244. The van der Waals surface area contributed by atoms with Crippen molar-refractivity contribution in [2.45, 2.75) is 38.3 Å². The Morgan fingerprint density at radius 3 is 2.84 bits per heavy atom. The highest BCUT2D eigenvalue weighted by Gasteiger charge is 2.45. The number of piperazine rings is 1. The molecule has 0 bridgehead atoms. The second kappa shape index (κ2) is 4.94. The van der Waals surface area contributed by atoms with Crippen molar-refractivity contribution in [2.24, 2.45) is 5.92 Å². The van der Waals surface area contributed by atoms with Gasteiger partial charge in [-0.1, -0.05) is 17.7 Å². The summed E-state index contributed by atoms with van der Waals surface area (Å²) >= 11 is 9.88. The Morgan fingerprint density at radius 2 is 2.16 bits per heavy atom. The van der Waals surface area contributed by atoms with Crippen molar-refractivity contribution in [3.8, 4) is 0 Å². The van der Waals surface area contributed by atoms with Gasteiger partial charge in [-0.2, -0.15) is 0 Å². The standard InChI is InChI=1S/C15H20BrClN2/c1-10-8-18-15(2,11-6-7-11)9-19(10)13-5-3-4-12(17)14(13)16/h3-5,10-11,18H,6-9H2,1-2H3. The number of halogens is 2. The smallest absolute Gasteiger partial charge is 0.0595 e. The Morgan fingerprint density at radius 1 is 1.42 bits per heavy atom. The quantitative estimate of drug-likeness (QED) is 0.871. The van der Waals surface area contributed by atoms with Gasteiger partial charge in [0, 0.05) is 24.7 Å². The molecule has 4 heteroatoms. The van der Waals surface area contributed by atoms with E-state index in [-0.39, 0.29) is 5.54 Å². The molecule has 0 aromatic heterocycles. The summed E-state index contributed by atoms with van der Waals surface area (Å²) in [6, 6.07) is 6.61. The van der Waals surface area contributed by atoms with Gasteiger partial charge < -0.3 is 10.2 Å². The van der Waals surface area contributed by atoms with Gasteiger partial charge in [-0.15, -0.1) is 0 Å². The van der Waals surface area contributed by atoms with Crippen LogP contribution in [0.15, 0.2) is 22.7 Å². The zero-order valence-corrected chi connectivity index (χ0v) is 13.8. The van der Waals surface area contributed by atoms with E-state index < -0.39 is 0 Å². The SMILES string of the molecule is CC1CNC(C)(C2CC2)CN1c1cccc(Cl)c1Br. The van der Waals surface area contributed by atoms with Gasteiger partial charge in [-0.05, 0) is 60.7 Å². The molecule has 104 valence electrons. The van der Waals surface area contributed by atoms with E-state index in [0.29, 0.717) is 6.04 Å². The van der Waals surface area contributed by atoms with Crippen LogP contribution in [0.1, 0.15) is 26.7 Å². The molecule has 2 nitrogen and oxygen atoms in total. The molecule has 1 aromatic carbocycles. The first kappa shape index (κ1) is 13.7. The van der Waals surface area contributed by atoms with E-state index in [9.17, 15) is 0 Å². The fraction of sp³-hybridized carbons (Fsp3) is 0.600. The molecular weight excluding hydrogens is 324 g/mol. The van der Waals surface area contributed by atoms with Gasteiger partial charge in [0.05, 0.1) is 15.2 Å². The number of nitrogens with one attached hydrogen (secondary N) is 1. The molecule has 0 spiro atoms. The lowest BCUT2D eigenvalue weighted by Crippen LogP contribution is -2.63. The fourth-order valence-electron chi connectivity index (χ4n) is 3.09. The molecule has 1 saturated heterocycles. The Labute approximate surface area is 128 Å². The molecule has 2 fully saturated rings. The maximum Gasteiger partial charge on any atom is 0.0595 e. The predicted octanol–water partition coefficient (Wildman–Crippen LogP) is 4.07. The number of rotatable bonds is 2. The van der Waals surface area contributed by atoms with Gasteiger partial charge in [0.2, 0.25) is 0 Å².